The van der Waals surface area contributed by atoms with E-state index in [2.05, 4.69) is 0 Å². The standard InChI is InChI=1S/C40H81NO23/c1-32(44)2-4-53-6-8-55-10-12-57-14-16-59-18-20-61-22-24-63-26-27-64-25-23-62-21-19-60-17-15-58-13-11-56-9-7-54-5-3-41(28-33(45)37(49)39(51)35(47)30-42)29-34(46)38(50)40(52)36(48)31-43/h33-40,42-43,45-52H,2-31H2,1H3/t33-,34-,35-,36-,37-,38-,39-,40-/m1/s1. The Morgan fingerprint density at radius 3 is 0.766 bits per heavy atom. The molecule has 0 aliphatic heterocycles. The van der Waals surface area contributed by atoms with Gasteiger partial charge in [-0.15, -0.1) is 0 Å². The third-order valence-corrected chi connectivity index (χ3v) is 8.78. The van der Waals surface area contributed by atoms with Crippen molar-refractivity contribution >= 4 is 5.78 Å². The van der Waals surface area contributed by atoms with Crippen LogP contribution >= 0.6 is 0 Å². The van der Waals surface area contributed by atoms with E-state index in [1.54, 1.807) is 0 Å². The van der Waals surface area contributed by atoms with Crippen molar-refractivity contribution in [3.8, 4) is 0 Å². The maximum absolute atomic E-state index is 10.8. The Bertz CT molecular complexity index is 967. The van der Waals surface area contributed by atoms with Gasteiger partial charge in [0.05, 0.1) is 184 Å². The molecule has 0 rings (SSSR count). The first-order chi connectivity index (χ1) is 31.0. The molecular formula is C40H81NO23. The van der Waals surface area contributed by atoms with Gasteiger partial charge in [-0.1, -0.05) is 0 Å². The van der Waals surface area contributed by atoms with Crippen molar-refractivity contribution in [2.24, 2.45) is 0 Å². The van der Waals surface area contributed by atoms with Gasteiger partial charge < -0.3 is 108 Å². The van der Waals surface area contributed by atoms with E-state index in [1.807, 2.05) is 0 Å². The monoisotopic (exact) mass is 944 g/mol. The molecule has 8 atom stereocenters. The van der Waals surface area contributed by atoms with Gasteiger partial charge in [0.25, 0.3) is 0 Å². The number of hydrogen-bond acceptors (Lipinski definition) is 24. The molecule has 0 spiro atoms. The molecule has 0 saturated carbocycles. The molecule has 0 unspecified atom stereocenters. The van der Waals surface area contributed by atoms with E-state index in [0.717, 1.165) is 0 Å². The second-order valence-corrected chi connectivity index (χ2v) is 14.2. The molecule has 64 heavy (non-hydrogen) atoms. The number of carbonyl (C=O) groups excluding carboxylic acids is 1. The molecule has 0 saturated heterocycles. The second-order valence-electron chi connectivity index (χ2n) is 14.2. The van der Waals surface area contributed by atoms with Gasteiger partial charge in [0.15, 0.2) is 0 Å². The van der Waals surface area contributed by atoms with Crippen molar-refractivity contribution in [1.29, 1.82) is 0 Å². The first kappa shape index (κ1) is 62.8. The predicted octanol–water partition coefficient (Wildman–Crippen LogP) is -5.66. The zero-order valence-corrected chi connectivity index (χ0v) is 37.6. The largest absolute Gasteiger partial charge is 0.394 e. The highest BCUT2D eigenvalue weighted by atomic mass is 16.6. The van der Waals surface area contributed by atoms with E-state index in [9.17, 15) is 45.6 Å². The van der Waals surface area contributed by atoms with Crippen LogP contribution in [-0.4, -0.2) is 302 Å². The van der Waals surface area contributed by atoms with Crippen LogP contribution in [0.1, 0.15) is 13.3 Å². The summed E-state index contributed by atoms with van der Waals surface area (Å²) in [5.74, 6) is 0.107. The topological polar surface area (TPSA) is 333 Å². The lowest BCUT2D eigenvalue weighted by Crippen LogP contribution is -2.53. The number of Topliss-reactive ketones (excluding diaryl/α,β-unsaturated/α-hetero) is 1. The lowest BCUT2D eigenvalue weighted by molar-refractivity contribution is -0.131. The first-order valence-electron chi connectivity index (χ1n) is 21.8. The Hall–Kier alpha value is -1.25. The molecule has 0 amide bonds. The normalized spacial score (nSPS) is 15.9. The molecule has 0 fully saturated rings. The van der Waals surface area contributed by atoms with Crippen LogP contribution in [0.4, 0.5) is 0 Å². The molecule has 0 aromatic heterocycles. The molecule has 0 aromatic carbocycles. The molecule has 0 bridgehead atoms. The molecule has 0 radical (unpaired) electrons. The zero-order chi connectivity index (χ0) is 47.5. The Morgan fingerprint density at radius 1 is 0.344 bits per heavy atom. The Morgan fingerprint density at radius 2 is 0.547 bits per heavy atom. The minimum atomic E-state index is -1.88. The quantitative estimate of drug-likeness (QED) is 0.0254. The van der Waals surface area contributed by atoms with Gasteiger partial charge in [-0.2, -0.15) is 0 Å². The fraction of sp³-hybridized carbons (Fsp3) is 0.975. The first-order valence-corrected chi connectivity index (χ1v) is 21.8. The lowest BCUT2D eigenvalue weighted by atomic mass is 10.0. The smallest absolute Gasteiger partial charge is 0.132 e. The van der Waals surface area contributed by atoms with E-state index < -0.39 is 75.1 Å². The van der Waals surface area contributed by atoms with Crippen LogP contribution in [0.2, 0.25) is 0 Å². The second kappa shape index (κ2) is 45.5. The van der Waals surface area contributed by atoms with Gasteiger partial charge in [0.2, 0.25) is 0 Å². The van der Waals surface area contributed by atoms with Crippen molar-refractivity contribution in [3.05, 3.63) is 0 Å². The van der Waals surface area contributed by atoms with Gasteiger partial charge in [-0.25, -0.2) is 0 Å². The Labute approximate surface area is 376 Å². The summed E-state index contributed by atoms with van der Waals surface area (Å²) in [7, 11) is 0. The van der Waals surface area contributed by atoms with Crippen LogP contribution in [0, 0.1) is 0 Å². The van der Waals surface area contributed by atoms with Gasteiger partial charge in [0.1, 0.15) is 42.4 Å². The van der Waals surface area contributed by atoms with E-state index >= 15 is 0 Å². The summed E-state index contributed by atoms with van der Waals surface area (Å²) in [5.41, 5.74) is 0. The van der Waals surface area contributed by atoms with E-state index in [4.69, 9.17) is 67.1 Å². The van der Waals surface area contributed by atoms with Crippen molar-refractivity contribution in [2.75, 3.05) is 191 Å². The van der Waals surface area contributed by atoms with Gasteiger partial charge in [-0.05, 0) is 6.92 Å². The Kier molecular flexibility index (Phi) is 44.6. The van der Waals surface area contributed by atoms with Crippen LogP contribution in [0.5, 0.6) is 0 Å². The molecule has 0 aromatic rings. The lowest BCUT2D eigenvalue weighted by Gasteiger charge is -2.33. The third-order valence-electron chi connectivity index (χ3n) is 8.78. The average molecular weight is 944 g/mol. The van der Waals surface area contributed by atoms with Crippen molar-refractivity contribution < 1.29 is 113 Å². The maximum Gasteiger partial charge on any atom is 0.132 e. The van der Waals surface area contributed by atoms with Gasteiger partial charge >= 0.3 is 0 Å². The van der Waals surface area contributed by atoms with Crippen LogP contribution in [0.25, 0.3) is 0 Å². The Balaban J connectivity index is 3.67. The predicted molar refractivity (Wildman–Crippen MR) is 224 cm³/mol. The molecule has 0 heterocycles. The minimum Gasteiger partial charge on any atom is -0.394 e. The highest BCUT2D eigenvalue weighted by molar-refractivity contribution is 5.75. The molecule has 0 aliphatic carbocycles. The average Bonchev–Trinajstić information content (AvgIpc) is 3.29. The molecule has 384 valence electrons. The van der Waals surface area contributed by atoms with Crippen LogP contribution in [-0.2, 0) is 61.6 Å². The summed E-state index contributed by atoms with van der Waals surface area (Å²) in [5, 5.41) is 98.2. The van der Waals surface area contributed by atoms with E-state index in [1.165, 1.54) is 11.8 Å². The number of rotatable bonds is 51. The maximum atomic E-state index is 10.8. The summed E-state index contributed by atoms with van der Waals surface area (Å²) in [4.78, 5) is 12.1. The summed E-state index contributed by atoms with van der Waals surface area (Å²) in [6, 6.07) is 0. The molecule has 10 N–H and O–H groups in total. The summed E-state index contributed by atoms with van der Waals surface area (Å²) in [6.07, 6.45) is -13.9. The summed E-state index contributed by atoms with van der Waals surface area (Å²) < 4.78 is 65.3. The number of ketones is 1. The minimum absolute atomic E-state index is 0.0282. The number of hydrogen-bond donors (Lipinski definition) is 10. The van der Waals surface area contributed by atoms with Crippen molar-refractivity contribution in [3.63, 3.8) is 0 Å². The fourth-order valence-corrected chi connectivity index (χ4v) is 5.06. The molecular weight excluding hydrogens is 862 g/mol. The SMILES string of the molecule is CC(=O)CCOCCOCCOCCOCCOCCOCCOCCOCCOCCOCCOCCOCCN(C[C@@H](O)[C@@H](O)[C@H](O)[C@H](O)CO)C[C@@H](O)[C@@H](O)[C@H](O)[C@H](O)CO. The fourth-order valence-electron chi connectivity index (χ4n) is 5.06. The van der Waals surface area contributed by atoms with Gasteiger partial charge in [-0.3, -0.25) is 9.69 Å². The molecule has 24 nitrogen and oxygen atoms in total. The third kappa shape index (κ3) is 37.8. The summed E-state index contributed by atoms with van der Waals surface area (Å²) in [6.45, 7) is 8.41. The zero-order valence-electron chi connectivity index (χ0n) is 37.6. The number of aliphatic hydroxyl groups is 10. The number of carbonyl (C=O) groups is 1. The molecule has 24 heteroatoms. The van der Waals surface area contributed by atoms with E-state index in [-0.39, 0.29) is 32.1 Å². The van der Waals surface area contributed by atoms with Crippen LogP contribution in [0.3, 0.4) is 0 Å². The van der Waals surface area contributed by atoms with Crippen LogP contribution < -0.4 is 0 Å². The van der Waals surface area contributed by atoms with Crippen molar-refractivity contribution in [1.82, 2.24) is 4.90 Å². The summed E-state index contributed by atoms with van der Waals surface area (Å²) >= 11 is 0. The van der Waals surface area contributed by atoms with E-state index in [0.29, 0.717) is 145 Å². The molecule has 0 aliphatic rings. The number of aliphatic hydroxyl groups excluding tert-OH is 10. The van der Waals surface area contributed by atoms with Crippen molar-refractivity contribution in [2.45, 2.75) is 62.2 Å². The number of ether oxygens (including phenoxy) is 12. The highest BCUT2D eigenvalue weighted by Crippen LogP contribution is 2.11. The van der Waals surface area contributed by atoms with Gasteiger partial charge in [0, 0.05) is 26.1 Å². The number of nitrogens with zero attached hydrogens (tertiary/aromatic N) is 1. The van der Waals surface area contributed by atoms with Crippen LogP contribution in [0.15, 0.2) is 0 Å². The highest BCUT2D eigenvalue weighted by Gasteiger charge is 2.34.